The maximum atomic E-state index is 12.2. The van der Waals surface area contributed by atoms with Crippen LogP contribution in [0.2, 0.25) is 0 Å². The number of carboxylic acid groups (broad SMARTS) is 1. The number of carboxylic acids is 1. The number of hydrogen-bond acceptors (Lipinski definition) is 2. The van der Waals surface area contributed by atoms with Crippen LogP contribution in [-0.4, -0.2) is 28.1 Å². The maximum Gasteiger partial charge on any atom is 0.471 e. The van der Waals surface area contributed by atoms with E-state index in [1.54, 1.807) is 24.4 Å². The number of rotatable bonds is 3. The average molecular weight is 314 g/mol. The minimum atomic E-state index is -5.01. The molecule has 1 amide bonds. The van der Waals surface area contributed by atoms with E-state index in [4.69, 9.17) is 0 Å². The molecule has 0 saturated heterocycles. The Balaban J connectivity index is 2.49. The molecule has 0 atom stereocenters. The zero-order chi connectivity index (χ0) is 16.7. The number of fused-ring (bicyclic) bond motifs is 1. The van der Waals surface area contributed by atoms with Gasteiger partial charge in [0.25, 0.3) is 0 Å². The Morgan fingerprint density at radius 3 is 2.45 bits per heavy atom. The first-order chi connectivity index (χ1) is 10.1. The van der Waals surface area contributed by atoms with Crippen molar-refractivity contribution in [1.29, 1.82) is 0 Å². The van der Waals surface area contributed by atoms with Crippen molar-refractivity contribution in [3.8, 4) is 0 Å². The van der Waals surface area contributed by atoms with E-state index in [1.165, 1.54) is 0 Å². The second kappa shape index (κ2) is 5.36. The molecular formula is C14H13F3N2O3. The van der Waals surface area contributed by atoms with Crippen LogP contribution in [0.5, 0.6) is 0 Å². The van der Waals surface area contributed by atoms with E-state index in [0.29, 0.717) is 10.9 Å². The molecule has 0 bridgehead atoms. The number of aromatic amines is 1. The molecule has 1 aromatic carbocycles. The maximum absolute atomic E-state index is 12.2. The number of aryl methyl sites for hydroxylation is 2. The Morgan fingerprint density at radius 1 is 1.27 bits per heavy atom. The third-order valence-corrected chi connectivity index (χ3v) is 3.24. The summed E-state index contributed by atoms with van der Waals surface area (Å²) in [5.41, 5.74) is 2.00. The second-order valence-electron chi connectivity index (χ2n) is 4.97. The zero-order valence-corrected chi connectivity index (χ0v) is 11.8. The van der Waals surface area contributed by atoms with Crippen molar-refractivity contribution in [3.63, 3.8) is 0 Å². The van der Waals surface area contributed by atoms with Crippen LogP contribution in [0.3, 0.4) is 0 Å². The molecule has 0 saturated carbocycles. The van der Waals surface area contributed by atoms with E-state index in [0.717, 1.165) is 11.1 Å². The summed E-state index contributed by atoms with van der Waals surface area (Å²) in [6.07, 6.45) is -5.01. The number of aromatic nitrogens is 1. The molecule has 0 aliphatic rings. The Morgan fingerprint density at radius 2 is 1.91 bits per heavy atom. The quantitative estimate of drug-likeness (QED) is 0.814. The standard InChI is InChI=1S/C14H13F3N2O3/c1-6-3-7(2)10-8(5-18-13(22)14(15,16)17)11(12(20)21)19-9(10)4-6/h3-4,19H,5H2,1-2H3,(H,18,22)(H,20,21). The van der Waals surface area contributed by atoms with Crippen molar-refractivity contribution in [1.82, 2.24) is 10.3 Å². The number of aromatic carboxylic acids is 1. The fourth-order valence-electron chi connectivity index (χ4n) is 2.43. The van der Waals surface area contributed by atoms with Crippen molar-refractivity contribution in [2.75, 3.05) is 0 Å². The molecule has 0 unspecified atom stereocenters. The van der Waals surface area contributed by atoms with Crippen LogP contribution >= 0.6 is 0 Å². The Hall–Kier alpha value is -2.51. The Labute approximate surface area is 123 Å². The lowest BCUT2D eigenvalue weighted by atomic mass is 10.0. The summed E-state index contributed by atoms with van der Waals surface area (Å²) in [6, 6.07) is 3.49. The normalized spacial score (nSPS) is 11.7. The Kier molecular flexibility index (Phi) is 3.87. The van der Waals surface area contributed by atoms with Gasteiger partial charge in [-0.05, 0) is 31.0 Å². The lowest BCUT2D eigenvalue weighted by molar-refractivity contribution is -0.173. The molecule has 8 heteroatoms. The summed E-state index contributed by atoms with van der Waals surface area (Å²) in [6.45, 7) is 3.02. The second-order valence-corrected chi connectivity index (χ2v) is 4.97. The number of H-pyrrole nitrogens is 1. The topological polar surface area (TPSA) is 82.2 Å². The highest BCUT2D eigenvalue weighted by Crippen LogP contribution is 2.27. The fraction of sp³-hybridized carbons (Fsp3) is 0.286. The lowest BCUT2D eigenvalue weighted by Gasteiger charge is -2.09. The smallest absolute Gasteiger partial charge is 0.471 e. The molecule has 2 aromatic rings. The van der Waals surface area contributed by atoms with E-state index in [1.807, 2.05) is 6.92 Å². The van der Waals surface area contributed by atoms with Crippen LogP contribution in [0.25, 0.3) is 10.9 Å². The minimum Gasteiger partial charge on any atom is -0.477 e. The molecule has 5 nitrogen and oxygen atoms in total. The number of alkyl halides is 3. The number of carbonyl (C=O) groups is 2. The summed E-state index contributed by atoms with van der Waals surface area (Å²) in [5.74, 6) is -3.41. The molecule has 0 aliphatic carbocycles. The molecule has 0 spiro atoms. The van der Waals surface area contributed by atoms with E-state index in [-0.39, 0.29) is 11.3 Å². The Bertz CT molecular complexity index is 763. The van der Waals surface area contributed by atoms with Gasteiger partial charge in [0.2, 0.25) is 0 Å². The number of nitrogens with one attached hydrogen (secondary N) is 2. The van der Waals surface area contributed by atoms with E-state index in [2.05, 4.69) is 4.98 Å². The largest absolute Gasteiger partial charge is 0.477 e. The zero-order valence-electron chi connectivity index (χ0n) is 11.8. The summed E-state index contributed by atoms with van der Waals surface area (Å²) >= 11 is 0. The molecule has 118 valence electrons. The van der Waals surface area contributed by atoms with Gasteiger partial charge >= 0.3 is 18.1 Å². The number of carbonyl (C=O) groups excluding carboxylic acids is 1. The van der Waals surface area contributed by atoms with Gasteiger partial charge < -0.3 is 15.4 Å². The SMILES string of the molecule is Cc1cc(C)c2c(CNC(=O)C(F)(F)F)c(C(=O)O)[nH]c2c1. The van der Waals surface area contributed by atoms with Crippen LogP contribution in [0.15, 0.2) is 12.1 Å². The number of halogens is 3. The predicted molar refractivity (Wildman–Crippen MR) is 72.6 cm³/mol. The molecule has 1 aromatic heterocycles. The minimum absolute atomic E-state index is 0.123. The molecule has 0 radical (unpaired) electrons. The molecule has 22 heavy (non-hydrogen) atoms. The van der Waals surface area contributed by atoms with Crippen LogP contribution < -0.4 is 5.32 Å². The van der Waals surface area contributed by atoms with Crippen LogP contribution in [0.4, 0.5) is 13.2 Å². The van der Waals surface area contributed by atoms with E-state index >= 15 is 0 Å². The van der Waals surface area contributed by atoms with Crippen LogP contribution in [-0.2, 0) is 11.3 Å². The van der Waals surface area contributed by atoms with Gasteiger partial charge in [0.1, 0.15) is 5.69 Å². The van der Waals surface area contributed by atoms with Crippen LogP contribution in [0.1, 0.15) is 27.2 Å². The van der Waals surface area contributed by atoms with E-state index < -0.39 is 24.6 Å². The first-order valence-corrected chi connectivity index (χ1v) is 6.31. The van der Waals surface area contributed by atoms with E-state index in [9.17, 15) is 27.9 Å². The number of benzene rings is 1. The monoisotopic (exact) mass is 314 g/mol. The van der Waals surface area contributed by atoms with Gasteiger partial charge in [0.15, 0.2) is 0 Å². The number of amides is 1. The van der Waals surface area contributed by atoms with Crippen LogP contribution in [0, 0.1) is 13.8 Å². The first kappa shape index (κ1) is 15.9. The summed E-state index contributed by atoms with van der Waals surface area (Å²) in [4.78, 5) is 24.9. The van der Waals surface area contributed by atoms with Crippen molar-refractivity contribution >= 4 is 22.8 Å². The van der Waals surface area contributed by atoms with Crippen molar-refractivity contribution in [2.45, 2.75) is 26.6 Å². The van der Waals surface area contributed by atoms with Gasteiger partial charge in [0, 0.05) is 23.0 Å². The summed E-state index contributed by atoms with van der Waals surface area (Å²) in [7, 11) is 0. The molecule has 0 fully saturated rings. The first-order valence-electron chi connectivity index (χ1n) is 6.31. The molecule has 0 aliphatic heterocycles. The molecule has 3 N–H and O–H groups in total. The van der Waals surface area contributed by atoms with Gasteiger partial charge in [-0.2, -0.15) is 13.2 Å². The van der Waals surface area contributed by atoms with Gasteiger partial charge in [-0.1, -0.05) is 6.07 Å². The third-order valence-electron chi connectivity index (χ3n) is 3.24. The van der Waals surface area contributed by atoms with Gasteiger partial charge in [0.05, 0.1) is 0 Å². The molecule has 1 heterocycles. The highest BCUT2D eigenvalue weighted by molar-refractivity contribution is 5.99. The predicted octanol–water partition coefficient (Wildman–Crippen LogP) is 2.66. The molecule has 2 rings (SSSR count). The summed E-state index contributed by atoms with van der Waals surface area (Å²) in [5, 5.41) is 11.4. The lowest BCUT2D eigenvalue weighted by Crippen LogP contribution is -2.36. The highest BCUT2D eigenvalue weighted by Gasteiger charge is 2.38. The number of hydrogen-bond donors (Lipinski definition) is 3. The fourth-order valence-corrected chi connectivity index (χ4v) is 2.43. The molecular weight excluding hydrogens is 301 g/mol. The van der Waals surface area contributed by atoms with Crippen molar-refractivity contribution in [3.05, 3.63) is 34.5 Å². The van der Waals surface area contributed by atoms with Gasteiger partial charge in [-0.3, -0.25) is 4.79 Å². The summed E-state index contributed by atoms with van der Waals surface area (Å²) < 4.78 is 36.7. The van der Waals surface area contributed by atoms with Gasteiger partial charge in [-0.25, -0.2) is 4.79 Å². The average Bonchev–Trinajstić information content (AvgIpc) is 2.73. The third kappa shape index (κ3) is 2.90. The van der Waals surface area contributed by atoms with Gasteiger partial charge in [-0.15, -0.1) is 0 Å². The van der Waals surface area contributed by atoms with Crippen molar-refractivity contribution in [2.24, 2.45) is 0 Å². The highest BCUT2D eigenvalue weighted by atomic mass is 19.4. The van der Waals surface area contributed by atoms with Crippen molar-refractivity contribution < 1.29 is 27.9 Å².